The Balaban J connectivity index is 1.93. The lowest BCUT2D eigenvalue weighted by Gasteiger charge is -2.11. The van der Waals surface area contributed by atoms with Crippen molar-refractivity contribution < 1.29 is 9.13 Å². The van der Waals surface area contributed by atoms with Gasteiger partial charge in [-0.1, -0.05) is 6.07 Å². The van der Waals surface area contributed by atoms with Crippen molar-refractivity contribution in [1.82, 2.24) is 9.55 Å². The summed E-state index contributed by atoms with van der Waals surface area (Å²) in [5, 5.41) is 0. The molecule has 0 aliphatic rings. The molecule has 1 atom stereocenters. The number of aromatic nitrogens is 2. The van der Waals surface area contributed by atoms with E-state index in [-0.39, 0.29) is 11.9 Å². The second-order valence-electron chi connectivity index (χ2n) is 4.49. The molecule has 102 valence electrons. The molecule has 0 aliphatic heterocycles. The average molecular weight is 263 g/mol. The molecule has 0 unspecified atom stereocenters. The fourth-order valence-corrected chi connectivity index (χ4v) is 1.87. The Morgan fingerprint density at radius 3 is 2.84 bits per heavy atom. The molecule has 0 saturated heterocycles. The molecule has 0 saturated carbocycles. The van der Waals surface area contributed by atoms with E-state index in [1.807, 2.05) is 17.7 Å². The highest BCUT2D eigenvalue weighted by Gasteiger charge is 2.08. The van der Waals surface area contributed by atoms with Crippen molar-refractivity contribution in [3.63, 3.8) is 0 Å². The minimum absolute atomic E-state index is 0.317. The molecule has 0 amide bonds. The van der Waals surface area contributed by atoms with Crippen LogP contribution < -0.4 is 10.5 Å². The zero-order valence-electron chi connectivity index (χ0n) is 11.1. The number of benzene rings is 1. The van der Waals surface area contributed by atoms with Gasteiger partial charge in [-0.15, -0.1) is 0 Å². The first-order valence-electron chi connectivity index (χ1n) is 6.23. The fraction of sp³-hybridized carbons (Fsp3) is 0.357. The quantitative estimate of drug-likeness (QED) is 0.901. The summed E-state index contributed by atoms with van der Waals surface area (Å²) in [4.78, 5) is 4.12. The van der Waals surface area contributed by atoms with Crippen LogP contribution in [-0.2, 0) is 6.54 Å². The third-order valence-corrected chi connectivity index (χ3v) is 2.99. The molecule has 1 aromatic heterocycles. The van der Waals surface area contributed by atoms with Gasteiger partial charge in [-0.3, -0.25) is 0 Å². The van der Waals surface area contributed by atoms with Gasteiger partial charge in [0.1, 0.15) is 24.0 Å². The van der Waals surface area contributed by atoms with Crippen LogP contribution in [0.1, 0.15) is 24.4 Å². The summed E-state index contributed by atoms with van der Waals surface area (Å²) in [6.07, 6.45) is 3.63. The van der Waals surface area contributed by atoms with Crippen LogP contribution in [0.3, 0.4) is 0 Å². The Hall–Kier alpha value is -1.88. The Labute approximate surface area is 112 Å². The maximum Gasteiger partial charge on any atom is 0.131 e. The lowest BCUT2D eigenvalue weighted by Crippen LogP contribution is -2.10. The van der Waals surface area contributed by atoms with E-state index in [0.29, 0.717) is 24.5 Å². The first-order chi connectivity index (χ1) is 9.08. The van der Waals surface area contributed by atoms with Crippen LogP contribution in [0, 0.1) is 12.7 Å². The van der Waals surface area contributed by atoms with Gasteiger partial charge in [0.25, 0.3) is 0 Å². The molecule has 4 nitrogen and oxygen atoms in total. The van der Waals surface area contributed by atoms with Crippen LogP contribution in [0.5, 0.6) is 5.75 Å². The van der Waals surface area contributed by atoms with Gasteiger partial charge in [0.15, 0.2) is 0 Å². The summed E-state index contributed by atoms with van der Waals surface area (Å²) in [6.45, 7) is 4.83. The van der Waals surface area contributed by atoms with Gasteiger partial charge in [0.05, 0.1) is 6.54 Å². The highest BCUT2D eigenvalue weighted by atomic mass is 19.1. The molecule has 0 spiro atoms. The molecule has 5 heteroatoms. The number of imidazole rings is 1. The van der Waals surface area contributed by atoms with Crippen molar-refractivity contribution in [2.45, 2.75) is 26.4 Å². The van der Waals surface area contributed by atoms with Gasteiger partial charge in [0, 0.05) is 30.1 Å². The van der Waals surface area contributed by atoms with Crippen LogP contribution in [-0.4, -0.2) is 16.2 Å². The first-order valence-corrected chi connectivity index (χ1v) is 6.23. The van der Waals surface area contributed by atoms with Gasteiger partial charge in [-0.2, -0.15) is 0 Å². The molecule has 2 rings (SSSR count). The predicted molar refractivity (Wildman–Crippen MR) is 71.5 cm³/mol. The highest BCUT2D eigenvalue weighted by molar-refractivity contribution is 5.30. The zero-order valence-corrected chi connectivity index (χ0v) is 11.1. The smallest absolute Gasteiger partial charge is 0.131 e. The maximum atomic E-state index is 13.7. The topological polar surface area (TPSA) is 53.1 Å². The molecule has 0 fully saturated rings. The second-order valence-corrected chi connectivity index (χ2v) is 4.49. The Kier molecular flexibility index (Phi) is 4.16. The van der Waals surface area contributed by atoms with Gasteiger partial charge in [0.2, 0.25) is 0 Å². The van der Waals surface area contributed by atoms with Gasteiger partial charge in [-0.05, 0) is 19.9 Å². The molecule has 1 aromatic carbocycles. The van der Waals surface area contributed by atoms with Crippen molar-refractivity contribution in [1.29, 1.82) is 0 Å². The van der Waals surface area contributed by atoms with E-state index in [1.54, 1.807) is 25.3 Å². The lowest BCUT2D eigenvalue weighted by atomic mass is 10.1. The van der Waals surface area contributed by atoms with E-state index in [9.17, 15) is 4.39 Å². The molecule has 0 radical (unpaired) electrons. The number of nitrogens with zero attached hydrogens (tertiary/aromatic N) is 2. The molecule has 1 heterocycles. The van der Waals surface area contributed by atoms with E-state index >= 15 is 0 Å². The summed E-state index contributed by atoms with van der Waals surface area (Å²) in [5.41, 5.74) is 6.15. The Morgan fingerprint density at radius 2 is 2.26 bits per heavy atom. The van der Waals surface area contributed by atoms with Gasteiger partial charge < -0.3 is 15.0 Å². The molecule has 2 aromatic rings. The number of ether oxygens (including phenoxy) is 1. The third-order valence-electron chi connectivity index (χ3n) is 2.99. The number of rotatable bonds is 5. The van der Waals surface area contributed by atoms with Crippen LogP contribution in [0.15, 0.2) is 30.6 Å². The standard InChI is InChI=1S/C14H18FN3O/c1-10(16)13-4-3-12(9-14(13)15)19-8-7-18-6-5-17-11(18)2/h3-6,9-10H,7-8,16H2,1-2H3/t10-/m1/s1. The molecule has 0 aliphatic carbocycles. The van der Waals surface area contributed by atoms with Crippen LogP contribution >= 0.6 is 0 Å². The predicted octanol–water partition coefficient (Wildman–Crippen LogP) is 2.43. The second kappa shape index (κ2) is 5.84. The first kappa shape index (κ1) is 13.5. The van der Waals surface area contributed by atoms with Crippen molar-refractivity contribution in [3.05, 3.63) is 47.8 Å². The monoisotopic (exact) mass is 263 g/mol. The summed E-state index contributed by atoms with van der Waals surface area (Å²) in [7, 11) is 0. The summed E-state index contributed by atoms with van der Waals surface area (Å²) in [6, 6.07) is 4.46. The molecule has 19 heavy (non-hydrogen) atoms. The lowest BCUT2D eigenvalue weighted by molar-refractivity contribution is 0.295. The summed E-state index contributed by atoms with van der Waals surface area (Å²) < 4.78 is 21.2. The fourth-order valence-electron chi connectivity index (χ4n) is 1.87. The van der Waals surface area contributed by atoms with Gasteiger partial charge in [-0.25, -0.2) is 9.37 Å². The van der Waals surface area contributed by atoms with E-state index in [2.05, 4.69) is 4.98 Å². The zero-order chi connectivity index (χ0) is 13.8. The molecular weight excluding hydrogens is 245 g/mol. The van der Waals surface area contributed by atoms with E-state index in [1.165, 1.54) is 6.07 Å². The van der Waals surface area contributed by atoms with Crippen molar-refractivity contribution in [3.8, 4) is 5.75 Å². The highest BCUT2D eigenvalue weighted by Crippen LogP contribution is 2.20. The Bertz CT molecular complexity index is 551. The normalized spacial score (nSPS) is 12.4. The average Bonchev–Trinajstić information content (AvgIpc) is 2.75. The Morgan fingerprint density at radius 1 is 1.47 bits per heavy atom. The number of hydrogen-bond donors (Lipinski definition) is 1. The molecule has 2 N–H and O–H groups in total. The van der Waals surface area contributed by atoms with E-state index < -0.39 is 0 Å². The minimum Gasteiger partial charge on any atom is -0.492 e. The molecular formula is C14H18FN3O. The SMILES string of the molecule is Cc1nccn1CCOc1ccc([C@@H](C)N)c(F)c1. The van der Waals surface area contributed by atoms with Gasteiger partial charge >= 0.3 is 0 Å². The number of nitrogens with two attached hydrogens (primary N) is 1. The van der Waals surface area contributed by atoms with Crippen LogP contribution in [0.2, 0.25) is 0 Å². The summed E-state index contributed by atoms with van der Waals surface area (Å²) in [5.74, 6) is 1.12. The van der Waals surface area contributed by atoms with Crippen molar-refractivity contribution in [2.24, 2.45) is 5.73 Å². The van der Waals surface area contributed by atoms with Crippen LogP contribution in [0.4, 0.5) is 4.39 Å². The minimum atomic E-state index is -0.327. The van der Waals surface area contributed by atoms with Crippen molar-refractivity contribution in [2.75, 3.05) is 6.61 Å². The summed E-state index contributed by atoms with van der Waals surface area (Å²) >= 11 is 0. The number of hydrogen-bond acceptors (Lipinski definition) is 3. The molecule has 0 bridgehead atoms. The number of aryl methyl sites for hydroxylation is 1. The van der Waals surface area contributed by atoms with E-state index in [4.69, 9.17) is 10.5 Å². The van der Waals surface area contributed by atoms with E-state index in [0.717, 1.165) is 5.82 Å². The third kappa shape index (κ3) is 3.32. The van der Waals surface area contributed by atoms with Crippen molar-refractivity contribution >= 4 is 0 Å². The maximum absolute atomic E-state index is 13.7. The number of halogens is 1. The van der Waals surface area contributed by atoms with Crippen LogP contribution in [0.25, 0.3) is 0 Å². The largest absolute Gasteiger partial charge is 0.492 e.